The third kappa shape index (κ3) is 4.33. The number of aromatic nitrogens is 2. The molecule has 0 bridgehead atoms. The molecule has 1 N–H and O–H groups in total. The number of alkyl halides is 3. The van der Waals surface area contributed by atoms with Gasteiger partial charge in [0.05, 0.1) is 0 Å². The van der Waals surface area contributed by atoms with Crippen molar-refractivity contribution < 1.29 is 26.7 Å². The first-order valence-corrected chi connectivity index (χ1v) is 7.92. The van der Waals surface area contributed by atoms with Crippen molar-refractivity contribution in [3.05, 3.63) is 58.7 Å². The second kappa shape index (κ2) is 6.97. The minimum atomic E-state index is -4.57. The lowest BCUT2D eigenvalue weighted by molar-refractivity contribution is -0.141. The fourth-order valence-corrected chi connectivity index (χ4v) is 2.39. The van der Waals surface area contributed by atoms with E-state index in [1.165, 1.54) is 0 Å². The standard InChI is InChI=1S/C17H14F5N3O/c18-11-4-3-10(7-12(11)19)16(26)23-6-5-15-24-13(9-1-2-9)8-14(25-15)17(20,21)22/h3-4,7-9H,1-2,5-6H2,(H,23,26). The molecule has 0 unspecified atom stereocenters. The monoisotopic (exact) mass is 371 g/mol. The van der Waals surface area contributed by atoms with Gasteiger partial charge in [0.1, 0.15) is 11.5 Å². The maximum absolute atomic E-state index is 13.1. The Morgan fingerprint density at radius 3 is 2.46 bits per heavy atom. The summed E-state index contributed by atoms with van der Waals surface area (Å²) in [5.74, 6) is -2.90. The van der Waals surface area contributed by atoms with E-state index in [0.29, 0.717) is 5.69 Å². The number of carbonyl (C=O) groups excluding carboxylic acids is 1. The van der Waals surface area contributed by atoms with Gasteiger partial charge in [0.2, 0.25) is 0 Å². The lowest BCUT2D eigenvalue weighted by Gasteiger charge is -2.11. The molecule has 3 rings (SSSR count). The first-order valence-electron chi connectivity index (χ1n) is 7.92. The van der Waals surface area contributed by atoms with Crippen molar-refractivity contribution in [1.82, 2.24) is 15.3 Å². The van der Waals surface area contributed by atoms with Gasteiger partial charge in [-0.3, -0.25) is 4.79 Å². The largest absolute Gasteiger partial charge is 0.433 e. The topological polar surface area (TPSA) is 54.9 Å². The molecule has 0 saturated heterocycles. The van der Waals surface area contributed by atoms with E-state index in [-0.39, 0.29) is 30.3 Å². The van der Waals surface area contributed by atoms with Gasteiger partial charge in [-0.2, -0.15) is 13.2 Å². The normalized spacial score (nSPS) is 14.3. The lowest BCUT2D eigenvalue weighted by atomic mass is 10.2. The predicted molar refractivity (Wildman–Crippen MR) is 81.4 cm³/mol. The van der Waals surface area contributed by atoms with Crippen molar-refractivity contribution in [3.8, 4) is 0 Å². The van der Waals surface area contributed by atoms with Crippen LogP contribution in [-0.2, 0) is 12.6 Å². The third-order valence-corrected chi connectivity index (χ3v) is 3.89. The van der Waals surface area contributed by atoms with E-state index < -0.39 is 29.4 Å². The summed E-state index contributed by atoms with van der Waals surface area (Å²) in [6.45, 7) is -0.0384. The number of rotatable bonds is 5. The molecule has 138 valence electrons. The van der Waals surface area contributed by atoms with E-state index in [9.17, 15) is 26.7 Å². The van der Waals surface area contributed by atoms with Gasteiger partial charge in [-0.25, -0.2) is 18.7 Å². The van der Waals surface area contributed by atoms with Crippen molar-refractivity contribution in [1.29, 1.82) is 0 Å². The summed E-state index contributed by atoms with van der Waals surface area (Å²) in [6.07, 6.45) is -3.00. The fraction of sp³-hybridized carbons (Fsp3) is 0.353. The molecule has 4 nitrogen and oxygen atoms in total. The molecule has 1 saturated carbocycles. The van der Waals surface area contributed by atoms with E-state index >= 15 is 0 Å². The minimum Gasteiger partial charge on any atom is -0.352 e. The quantitative estimate of drug-likeness (QED) is 0.817. The van der Waals surface area contributed by atoms with Gasteiger partial charge in [0, 0.05) is 30.1 Å². The molecule has 1 fully saturated rings. The van der Waals surface area contributed by atoms with Crippen molar-refractivity contribution >= 4 is 5.91 Å². The molecule has 0 atom stereocenters. The van der Waals surface area contributed by atoms with Crippen LogP contribution in [0, 0.1) is 11.6 Å². The zero-order valence-electron chi connectivity index (χ0n) is 13.4. The van der Waals surface area contributed by atoms with Gasteiger partial charge in [-0.05, 0) is 37.1 Å². The number of carbonyl (C=O) groups is 1. The highest BCUT2D eigenvalue weighted by Crippen LogP contribution is 2.40. The van der Waals surface area contributed by atoms with E-state index in [4.69, 9.17) is 0 Å². The number of amides is 1. The van der Waals surface area contributed by atoms with Crippen molar-refractivity contribution in [2.75, 3.05) is 6.54 Å². The van der Waals surface area contributed by atoms with Gasteiger partial charge in [-0.1, -0.05) is 0 Å². The van der Waals surface area contributed by atoms with Crippen LogP contribution in [0.1, 0.15) is 46.3 Å². The lowest BCUT2D eigenvalue weighted by Crippen LogP contribution is -2.26. The highest BCUT2D eigenvalue weighted by atomic mass is 19.4. The van der Waals surface area contributed by atoms with Gasteiger partial charge in [0.25, 0.3) is 5.91 Å². The highest BCUT2D eigenvalue weighted by Gasteiger charge is 2.35. The molecule has 1 aliphatic carbocycles. The Balaban J connectivity index is 1.66. The summed E-state index contributed by atoms with van der Waals surface area (Å²) in [6, 6.07) is 3.64. The average molecular weight is 371 g/mol. The molecule has 0 spiro atoms. The van der Waals surface area contributed by atoms with Crippen LogP contribution in [0.3, 0.4) is 0 Å². The van der Waals surface area contributed by atoms with Crippen molar-refractivity contribution in [2.24, 2.45) is 0 Å². The minimum absolute atomic E-state index is 0.0148. The zero-order valence-corrected chi connectivity index (χ0v) is 13.4. The molecule has 1 aliphatic rings. The molecule has 1 aromatic heterocycles. The molecule has 1 amide bonds. The Kier molecular flexibility index (Phi) is 4.88. The SMILES string of the molecule is O=C(NCCc1nc(C2CC2)cc(C(F)(F)F)n1)c1ccc(F)c(F)c1. The smallest absolute Gasteiger partial charge is 0.352 e. The van der Waals surface area contributed by atoms with Crippen LogP contribution in [0.25, 0.3) is 0 Å². The second-order valence-corrected chi connectivity index (χ2v) is 6.00. The van der Waals surface area contributed by atoms with Crippen molar-refractivity contribution in [3.63, 3.8) is 0 Å². The Morgan fingerprint density at radius 1 is 1.12 bits per heavy atom. The zero-order chi connectivity index (χ0) is 18.9. The Hall–Kier alpha value is -2.58. The van der Waals surface area contributed by atoms with Gasteiger partial charge in [-0.15, -0.1) is 0 Å². The molecule has 2 aromatic rings. The van der Waals surface area contributed by atoms with E-state index in [0.717, 1.165) is 37.1 Å². The number of hydrogen-bond acceptors (Lipinski definition) is 3. The van der Waals surface area contributed by atoms with Crippen LogP contribution in [0.15, 0.2) is 24.3 Å². The Labute approximate surface area is 145 Å². The van der Waals surface area contributed by atoms with Crippen LogP contribution in [0.4, 0.5) is 22.0 Å². The Bertz CT molecular complexity index is 834. The number of benzene rings is 1. The van der Waals surface area contributed by atoms with Crippen LogP contribution in [0.2, 0.25) is 0 Å². The van der Waals surface area contributed by atoms with Crippen LogP contribution in [0.5, 0.6) is 0 Å². The molecule has 9 heteroatoms. The number of nitrogens with zero attached hydrogens (tertiary/aromatic N) is 2. The maximum Gasteiger partial charge on any atom is 0.433 e. The van der Waals surface area contributed by atoms with Gasteiger partial charge >= 0.3 is 6.18 Å². The molecular weight excluding hydrogens is 357 g/mol. The summed E-state index contributed by atoms with van der Waals surface area (Å²) in [7, 11) is 0. The van der Waals surface area contributed by atoms with Gasteiger partial charge < -0.3 is 5.32 Å². The summed E-state index contributed by atoms with van der Waals surface area (Å²) < 4.78 is 64.8. The summed E-state index contributed by atoms with van der Waals surface area (Å²) in [5, 5.41) is 2.43. The van der Waals surface area contributed by atoms with E-state index in [1.807, 2.05) is 0 Å². The molecule has 1 heterocycles. The number of hydrogen-bond donors (Lipinski definition) is 1. The van der Waals surface area contributed by atoms with Crippen LogP contribution in [-0.4, -0.2) is 22.4 Å². The molecule has 0 radical (unpaired) electrons. The van der Waals surface area contributed by atoms with E-state index in [1.54, 1.807) is 0 Å². The summed E-state index contributed by atoms with van der Waals surface area (Å²) in [5.41, 5.74) is -0.738. The molecule has 1 aromatic carbocycles. The summed E-state index contributed by atoms with van der Waals surface area (Å²) in [4.78, 5) is 19.5. The third-order valence-electron chi connectivity index (χ3n) is 3.89. The average Bonchev–Trinajstić information content (AvgIpc) is 3.41. The number of halogens is 5. The maximum atomic E-state index is 13.1. The van der Waals surface area contributed by atoms with Crippen LogP contribution >= 0.6 is 0 Å². The molecular formula is C17H14F5N3O. The van der Waals surface area contributed by atoms with Crippen LogP contribution < -0.4 is 5.32 Å². The predicted octanol–water partition coefficient (Wildman–Crippen LogP) is 3.62. The first-order chi connectivity index (χ1) is 12.2. The molecule has 26 heavy (non-hydrogen) atoms. The number of nitrogens with one attached hydrogen (secondary N) is 1. The molecule has 0 aliphatic heterocycles. The fourth-order valence-electron chi connectivity index (χ4n) is 2.39. The van der Waals surface area contributed by atoms with E-state index in [2.05, 4.69) is 15.3 Å². The van der Waals surface area contributed by atoms with Gasteiger partial charge in [0.15, 0.2) is 11.6 Å². The Morgan fingerprint density at radius 2 is 1.85 bits per heavy atom. The highest BCUT2D eigenvalue weighted by molar-refractivity contribution is 5.94. The second-order valence-electron chi connectivity index (χ2n) is 6.00. The van der Waals surface area contributed by atoms with Crippen molar-refractivity contribution in [2.45, 2.75) is 31.4 Å². The first kappa shape index (κ1) is 18.2. The summed E-state index contributed by atoms with van der Waals surface area (Å²) >= 11 is 0.